The number of amides is 1. The van der Waals surface area contributed by atoms with E-state index in [9.17, 15) is 4.79 Å². The predicted molar refractivity (Wildman–Crippen MR) is 120 cm³/mol. The third-order valence-corrected chi connectivity index (χ3v) is 6.35. The number of carbonyl (C=O) groups excluding carboxylic acids is 1. The molecule has 3 atom stereocenters. The monoisotopic (exact) mass is 400 g/mol. The first-order valence-corrected chi connectivity index (χ1v) is 10.5. The van der Waals surface area contributed by atoms with Crippen molar-refractivity contribution in [1.29, 1.82) is 0 Å². The van der Waals surface area contributed by atoms with E-state index in [2.05, 4.69) is 35.6 Å². The number of ether oxygens (including phenoxy) is 1. The van der Waals surface area contributed by atoms with E-state index in [4.69, 9.17) is 10.5 Å². The first kappa shape index (κ1) is 20.2. The van der Waals surface area contributed by atoms with Gasteiger partial charge in [-0.2, -0.15) is 0 Å². The average molecular weight is 401 g/mol. The zero-order valence-electron chi connectivity index (χ0n) is 17.3. The highest BCUT2D eigenvalue weighted by molar-refractivity contribution is 5.77. The normalized spacial score (nSPS) is 22.2. The minimum Gasteiger partial charge on any atom is -0.457 e. The van der Waals surface area contributed by atoms with Crippen LogP contribution in [0.2, 0.25) is 0 Å². The SMILES string of the molecule is CC(C(N)=O)C1CCNCC1(c1ccccc1)c1ccccc1Oc1ccccc1. The number of hydrogen-bond acceptors (Lipinski definition) is 3. The van der Waals surface area contributed by atoms with Gasteiger partial charge in [-0.25, -0.2) is 0 Å². The number of hydrogen-bond donors (Lipinski definition) is 2. The van der Waals surface area contributed by atoms with Gasteiger partial charge in [0, 0.05) is 23.4 Å². The molecule has 154 valence electrons. The quantitative estimate of drug-likeness (QED) is 0.640. The molecule has 0 spiro atoms. The fourth-order valence-corrected chi connectivity index (χ4v) is 4.84. The van der Waals surface area contributed by atoms with Crippen LogP contribution in [0.5, 0.6) is 11.5 Å². The number of nitrogens with one attached hydrogen (secondary N) is 1. The fourth-order valence-electron chi connectivity index (χ4n) is 4.84. The van der Waals surface area contributed by atoms with Crippen LogP contribution in [0.4, 0.5) is 0 Å². The molecule has 1 amide bonds. The van der Waals surface area contributed by atoms with Gasteiger partial charge in [0.15, 0.2) is 0 Å². The topological polar surface area (TPSA) is 64.4 Å². The molecule has 1 aliphatic heterocycles. The Kier molecular flexibility index (Phi) is 5.86. The zero-order chi connectivity index (χ0) is 21.0. The molecule has 0 aromatic heterocycles. The summed E-state index contributed by atoms with van der Waals surface area (Å²) in [6, 6.07) is 28.4. The molecule has 4 heteroatoms. The molecule has 30 heavy (non-hydrogen) atoms. The Morgan fingerprint density at radius 1 is 1.00 bits per heavy atom. The third-order valence-electron chi connectivity index (χ3n) is 6.35. The highest BCUT2D eigenvalue weighted by Crippen LogP contribution is 2.49. The lowest BCUT2D eigenvalue weighted by Gasteiger charge is -2.48. The number of piperidine rings is 1. The predicted octanol–water partition coefficient (Wildman–Crippen LogP) is 4.50. The highest BCUT2D eigenvalue weighted by Gasteiger charge is 2.48. The Balaban J connectivity index is 1.91. The standard InChI is InChI=1S/C26H28N2O2/c1-19(25(27)29)22-16-17-28-18-26(22,20-10-4-2-5-11-20)23-14-8-9-15-24(23)30-21-12-6-3-7-13-21/h2-15,19,22,28H,16-18H2,1H3,(H2,27,29). The molecule has 4 nitrogen and oxygen atoms in total. The first-order valence-electron chi connectivity index (χ1n) is 10.5. The molecule has 4 rings (SSSR count). The van der Waals surface area contributed by atoms with E-state index in [1.807, 2.05) is 61.5 Å². The fraction of sp³-hybridized carbons (Fsp3) is 0.269. The van der Waals surface area contributed by atoms with Crippen molar-refractivity contribution in [3.63, 3.8) is 0 Å². The number of carbonyl (C=O) groups is 1. The lowest BCUT2D eigenvalue weighted by Crippen LogP contribution is -2.54. The van der Waals surface area contributed by atoms with Crippen molar-refractivity contribution in [2.45, 2.75) is 18.8 Å². The number of rotatable bonds is 6. The lowest BCUT2D eigenvalue weighted by atomic mass is 9.59. The maximum Gasteiger partial charge on any atom is 0.220 e. The van der Waals surface area contributed by atoms with Crippen molar-refractivity contribution in [1.82, 2.24) is 5.32 Å². The zero-order valence-corrected chi connectivity index (χ0v) is 17.3. The molecule has 3 aromatic rings. The van der Waals surface area contributed by atoms with Gasteiger partial charge in [-0.05, 0) is 42.6 Å². The van der Waals surface area contributed by atoms with Gasteiger partial charge in [0.2, 0.25) is 5.91 Å². The van der Waals surface area contributed by atoms with Crippen LogP contribution in [0.15, 0.2) is 84.9 Å². The van der Waals surface area contributed by atoms with Crippen molar-refractivity contribution < 1.29 is 9.53 Å². The van der Waals surface area contributed by atoms with Gasteiger partial charge >= 0.3 is 0 Å². The van der Waals surface area contributed by atoms with Crippen molar-refractivity contribution >= 4 is 5.91 Å². The van der Waals surface area contributed by atoms with Crippen molar-refractivity contribution in [3.05, 3.63) is 96.1 Å². The Bertz CT molecular complexity index is 990. The summed E-state index contributed by atoms with van der Waals surface area (Å²) in [7, 11) is 0. The lowest BCUT2D eigenvalue weighted by molar-refractivity contribution is -0.124. The summed E-state index contributed by atoms with van der Waals surface area (Å²) >= 11 is 0. The average Bonchev–Trinajstić information content (AvgIpc) is 2.80. The smallest absolute Gasteiger partial charge is 0.220 e. The minimum atomic E-state index is -0.431. The second kappa shape index (κ2) is 8.72. The summed E-state index contributed by atoms with van der Waals surface area (Å²) in [6.45, 7) is 3.53. The van der Waals surface area contributed by atoms with Gasteiger partial charge in [0.25, 0.3) is 0 Å². The molecule has 1 saturated heterocycles. The Morgan fingerprint density at radius 3 is 2.33 bits per heavy atom. The Morgan fingerprint density at radius 2 is 1.63 bits per heavy atom. The Hall–Kier alpha value is -3.11. The number of primary amides is 1. The van der Waals surface area contributed by atoms with Crippen LogP contribution in [0.3, 0.4) is 0 Å². The van der Waals surface area contributed by atoms with E-state index in [1.54, 1.807) is 0 Å². The summed E-state index contributed by atoms with van der Waals surface area (Å²) in [5.41, 5.74) is 7.62. The summed E-state index contributed by atoms with van der Waals surface area (Å²) in [6.07, 6.45) is 0.860. The van der Waals surface area contributed by atoms with Crippen LogP contribution < -0.4 is 15.8 Å². The Labute approximate surface area is 178 Å². The second-order valence-electron chi connectivity index (χ2n) is 8.01. The van der Waals surface area contributed by atoms with Gasteiger partial charge in [-0.15, -0.1) is 0 Å². The molecular weight excluding hydrogens is 372 g/mol. The van der Waals surface area contributed by atoms with Crippen molar-refractivity contribution in [3.8, 4) is 11.5 Å². The molecule has 1 heterocycles. The summed E-state index contributed by atoms with van der Waals surface area (Å²) in [5.74, 6) is 1.12. The summed E-state index contributed by atoms with van der Waals surface area (Å²) in [5, 5.41) is 3.58. The van der Waals surface area contributed by atoms with Gasteiger partial charge in [0.05, 0.1) is 0 Å². The number of para-hydroxylation sites is 2. The van der Waals surface area contributed by atoms with Crippen LogP contribution in [0.1, 0.15) is 24.5 Å². The minimum absolute atomic E-state index is 0.0548. The molecule has 0 aliphatic carbocycles. The van der Waals surface area contributed by atoms with Crippen LogP contribution in [0.25, 0.3) is 0 Å². The molecule has 0 saturated carbocycles. The van der Waals surface area contributed by atoms with Crippen LogP contribution in [0, 0.1) is 11.8 Å². The van der Waals surface area contributed by atoms with Crippen molar-refractivity contribution in [2.24, 2.45) is 17.6 Å². The van der Waals surface area contributed by atoms with E-state index in [0.29, 0.717) is 6.54 Å². The van der Waals surface area contributed by atoms with Crippen LogP contribution in [-0.2, 0) is 10.2 Å². The van der Waals surface area contributed by atoms with E-state index >= 15 is 0 Å². The molecule has 1 aliphatic rings. The summed E-state index contributed by atoms with van der Waals surface area (Å²) in [4.78, 5) is 12.3. The van der Waals surface area contributed by atoms with Gasteiger partial charge in [-0.3, -0.25) is 4.79 Å². The van der Waals surface area contributed by atoms with Crippen LogP contribution in [-0.4, -0.2) is 19.0 Å². The second-order valence-corrected chi connectivity index (χ2v) is 8.01. The summed E-state index contributed by atoms with van der Waals surface area (Å²) < 4.78 is 6.35. The maximum absolute atomic E-state index is 12.3. The number of benzene rings is 3. The maximum atomic E-state index is 12.3. The molecule has 3 aromatic carbocycles. The molecular formula is C26H28N2O2. The largest absolute Gasteiger partial charge is 0.457 e. The van der Waals surface area contributed by atoms with Gasteiger partial charge < -0.3 is 15.8 Å². The molecule has 3 unspecified atom stereocenters. The van der Waals surface area contributed by atoms with E-state index < -0.39 is 5.41 Å². The van der Waals surface area contributed by atoms with Gasteiger partial charge in [0.1, 0.15) is 11.5 Å². The van der Waals surface area contributed by atoms with E-state index in [0.717, 1.165) is 30.0 Å². The van der Waals surface area contributed by atoms with Gasteiger partial charge in [-0.1, -0.05) is 73.7 Å². The highest BCUT2D eigenvalue weighted by atomic mass is 16.5. The molecule has 0 bridgehead atoms. The third kappa shape index (κ3) is 3.71. The first-order chi connectivity index (χ1) is 14.6. The molecule has 3 N–H and O–H groups in total. The molecule has 1 fully saturated rings. The molecule has 0 radical (unpaired) electrons. The van der Waals surface area contributed by atoms with E-state index in [1.165, 1.54) is 5.56 Å². The van der Waals surface area contributed by atoms with E-state index in [-0.39, 0.29) is 17.7 Å². The van der Waals surface area contributed by atoms with Crippen molar-refractivity contribution in [2.75, 3.05) is 13.1 Å². The van der Waals surface area contributed by atoms with Crippen LogP contribution >= 0.6 is 0 Å². The number of nitrogens with two attached hydrogens (primary N) is 1.